The fraction of sp³-hybridized carbons (Fsp3) is 0.240. The Labute approximate surface area is 197 Å². The zero-order valence-electron chi connectivity index (χ0n) is 18.4. The molecule has 0 bridgehead atoms. The van der Waals surface area contributed by atoms with Gasteiger partial charge in [0.15, 0.2) is 16.8 Å². The summed E-state index contributed by atoms with van der Waals surface area (Å²) < 4.78 is 4.19. The zero-order valence-corrected chi connectivity index (χ0v) is 20.0. The normalized spacial score (nSPS) is 11.1. The number of carbonyl (C=O) groups excluding carboxylic acids is 1. The zero-order chi connectivity index (χ0) is 22.7. The molecule has 0 fully saturated rings. The lowest BCUT2D eigenvalue weighted by atomic mass is 10.2. The number of ketones is 1. The van der Waals surface area contributed by atoms with E-state index in [2.05, 4.69) is 21.7 Å². The van der Waals surface area contributed by atoms with Crippen molar-refractivity contribution < 1.29 is 4.79 Å². The van der Waals surface area contributed by atoms with Crippen LogP contribution in [0.1, 0.15) is 34.2 Å². The van der Waals surface area contributed by atoms with Crippen molar-refractivity contribution in [3.63, 3.8) is 0 Å². The molecule has 5 nitrogen and oxygen atoms in total. The van der Waals surface area contributed by atoms with Gasteiger partial charge in [0.05, 0.1) is 5.75 Å². The summed E-state index contributed by atoms with van der Waals surface area (Å²) in [6.45, 7) is 7.45. The van der Waals surface area contributed by atoms with Crippen LogP contribution in [0.2, 0.25) is 5.02 Å². The molecule has 0 saturated heterocycles. The van der Waals surface area contributed by atoms with E-state index in [9.17, 15) is 4.79 Å². The average Bonchev–Trinajstić information content (AvgIpc) is 3.35. The number of hydrogen-bond acceptors (Lipinski definition) is 4. The fourth-order valence-corrected chi connectivity index (χ4v) is 4.89. The Morgan fingerprint density at radius 2 is 1.72 bits per heavy atom. The van der Waals surface area contributed by atoms with Gasteiger partial charge in [-0.15, -0.1) is 10.2 Å². The first-order valence-corrected chi connectivity index (χ1v) is 11.9. The van der Waals surface area contributed by atoms with Crippen LogP contribution in [0.25, 0.3) is 11.4 Å². The molecule has 0 aliphatic carbocycles. The van der Waals surface area contributed by atoms with Gasteiger partial charge in [0.2, 0.25) is 0 Å². The van der Waals surface area contributed by atoms with Crippen molar-refractivity contribution in [1.82, 2.24) is 19.3 Å². The van der Waals surface area contributed by atoms with E-state index in [0.717, 1.165) is 50.6 Å². The highest BCUT2D eigenvalue weighted by molar-refractivity contribution is 7.99. The van der Waals surface area contributed by atoms with Crippen LogP contribution < -0.4 is 0 Å². The van der Waals surface area contributed by atoms with Crippen LogP contribution in [0.4, 0.5) is 0 Å². The molecule has 0 amide bonds. The van der Waals surface area contributed by atoms with Gasteiger partial charge in [0.25, 0.3) is 0 Å². The summed E-state index contributed by atoms with van der Waals surface area (Å²) in [4.78, 5) is 13.1. The summed E-state index contributed by atoms with van der Waals surface area (Å²) in [5, 5.41) is 10.2. The number of halogens is 1. The van der Waals surface area contributed by atoms with Gasteiger partial charge >= 0.3 is 0 Å². The van der Waals surface area contributed by atoms with Crippen LogP contribution in [-0.2, 0) is 13.1 Å². The lowest BCUT2D eigenvalue weighted by Gasteiger charge is -2.11. The number of benzene rings is 2. The Bertz CT molecular complexity index is 1250. The largest absolute Gasteiger partial charge is 0.344 e. The smallest absolute Gasteiger partial charge is 0.191 e. The molecule has 4 aromatic rings. The highest BCUT2D eigenvalue weighted by atomic mass is 35.5. The molecular formula is C25H25ClN4OS. The third kappa shape index (κ3) is 4.52. The average molecular weight is 465 g/mol. The van der Waals surface area contributed by atoms with Crippen molar-refractivity contribution in [3.05, 3.63) is 88.2 Å². The molecule has 2 aromatic heterocycles. The van der Waals surface area contributed by atoms with Gasteiger partial charge in [-0.1, -0.05) is 71.9 Å². The summed E-state index contributed by atoms with van der Waals surface area (Å²) in [6.07, 6.45) is 0. The van der Waals surface area contributed by atoms with E-state index < -0.39 is 0 Å². The number of Topliss-reactive ketones (excluding diaryl/α,β-unsaturated/α-hetero) is 1. The number of aryl methyl sites for hydroxylation is 1. The van der Waals surface area contributed by atoms with Crippen LogP contribution in [0, 0.1) is 13.8 Å². The molecule has 0 N–H and O–H groups in total. The molecule has 164 valence electrons. The number of thioether (sulfide) groups is 1. The van der Waals surface area contributed by atoms with E-state index in [0.29, 0.717) is 12.3 Å². The van der Waals surface area contributed by atoms with E-state index in [1.54, 1.807) is 0 Å². The molecule has 0 unspecified atom stereocenters. The Hall–Kier alpha value is -2.83. The Kier molecular flexibility index (Phi) is 6.82. The highest BCUT2D eigenvalue weighted by Crippen LogP contribution is 2.26. The molecule has 2 heterocycles. The molecule has 4 rings (SSSR count). The molecule has 2 aromatic carbocycles. The summed E-state index contributed by atoms with van der Waals surface area (Å²) in [6, 6.07) is 19.8. The van der Waals surface area contributed by atoms with Crippen LogP contribution in [-0.4, -0.2) is 30.9 Å². The summed E-state index contributed by atoms with van der Waals surface area (Å²) in [5.41, 5.74) is 4.79. The van der Waals surface area contributed by atoms with Crippen molar-refractivity contribution in [1.29, 1.82) is 0 Å². The maximum absolute atomic E-state index is 13.1. The van der Waals surface area contributed by atoms with Crippen LogP contribution in [0.15, 0.2) is 65.8 Å². The van der Waals surface area contributed by atoms with Crippen molar-refractivity contribution >= 4 is 29.1 Å². The first kappa shape index (κ1) is 22.4. The third-order valence-corrected chi connectivity index (χ3v) is 6.89. The van der Waals surface area contributed by atoms with Gasteiger partial charge in [-0.05, 0) is 38.5 Å². The predicted molar refractivity (Wildman–Crippen MR) is 131 cm³/mol. The highest BCUT2D eigenvalue weighted by Gasteiger charge is 2.19. The van der Waals surface area contributed by atoms with Crippen molar-refractivity contribution in [3.8, 4) is 11.4 Å². The molecule has 0 aliphatic rings. The van der Waals surface area contributed by atoms with Gasteiger partial charge < -0.3 is 9.13 Å². The lowest BCUT2D eigenvalue weighted by Crippen LogP contribution is -2.08. The second-order valence-electron chi connectivity index (χ2n) is 7.59. The van der Waals surface area contributed by atoms with E-state index in [-0.39, 0.29) is 5.78 Å². The molecule has 0 saturated carbocycles. The molecular weight excluding hydrogens is 440 g/mol. The van der Waals surface area contributed by atoms with Crippen molar-refractivity contribution in [2.45, 2.75) is 39.0 Å². The first-order valence-electron chi connectivity index (χ1n) is 10.5. The van der Waals surface area contributed by atoms with Crippen molar-refractivity contribution in [2.24, 2.45) is 0 Å². The third-order valence-electron chi connectivity index (χ3n) is 5.56. The van der Waals surface area contributed by atoms with Crippen molar-refractivity contribution in [2.75, 3.05) is 5.75 Å². The maximum Gasteiger partial charge on any atom is 0.191 e. The Morgan fingerprint density at radius 3 is 2.44 bits per heavy atom. The van der Waals surface area contributed by atoms with Gasteiger partial charge in [-0.2, -0.15) is 0 Å². The lowest BCUT2D eigenvalue weighted by molar-refractivity contribution is 0.102. The van der Waals surface area contributed by atoms with Gasteiger partial charge in [-0.25, -0.2) is 0 Å². The topological polar surface area (TPSA) is 52.7 Å². The summed E-state index contributed by atoms with van der Waals surface area (Å²) in [5.74, 6) is 1.21. The van der Waals surface area contributed by atoms with Gasteiger partial charge in [0, 0.05) is 40.6 Å². The molecule has 0 spiro atoms. The second-order valence-corrected chi connectivity index (χ2v) is 8.94. The molecule has 7 heteroatoms. The molecule has 0 atom stereocenters. The van der Waals surface area contributed by atoms with Crippen LogP contribution in [0.3, 0.4) is 0 Å². The fourth-order valence-electron chi connectivity index (χ4n) is 3.81. The van der Waals surface area contributed by atoms with Crippen LogP contribution >= 0.6 is 23.4 Å². The predicted octanol–water partition coefficient (Wildman–Crippen LogP) is 6.06. The molecule has 0 aliphatic heterocycles. The minimum Gasteiger partial charge on any atom is -0.344 e. The second kappa shape index (κ2) is 9.76. The maximum atomic E-state index is 13.1. The number of nitrogens with zero attached hydrogens (tertiary/aromatic N) is 4. The van der Waals surface area contributed by atoms with Gasteiger partial charge in [-0.3, -0.25) is 4.79 Å². The first-order chi connectivity index (χ1) is 15.5. The number of hydrogen-bond donors (Lipinski definition) is 0. The van der Waals surface area contributed by atoms with E-state index in [1.807, 2.05) is 79.1 Å². The number of rotatable bonds is 8. The number of carbonyl (C=O) groups is 1. The summed E-state index contributed by atoms with van der Waals surface area (Å²) >= 11 is 7.77. The van der Waals surface area contributed by atoms with E-state index >= 15 is 0 Å². The monoisotopic (exact) mass is 464 g/mol. The van der Waals surface area contributed by atoms with E-state index in [1.165, 1.54) is 11.8 Å². The Balaban J connectivity index is 1.51. The SMILES string of the molecule is CCn1c(SCC(=O)c2cc(C)n(Cc3ccccc3Cl)c2C)nnc1-c1ccccc1. The minimum atomic E-state index is 0.0837. The standard InChI is InChI=1S/C25H25ClN4OS/c1-4-29-24(19-10-6-5-7-11-19)27-28-25(29)32-16-23(31)21-14-17(2)30(18(21)3)15-20-12-8-9-13-22(20)26/h5-14H,4,15-16H2,1-3H3. The Morgan fingerprint density at radius 1 is 1.00 bits per heavy atom. The summed E-state index contributed by atoms with van der Waals surface area (Å²) in [7, 11) is 0. The van der Waals surface area contributed by atoms with E-state index in [4.69, 9.17) is 11.6 Å². The minimum absolute atomic E-state index is 0.0837. The van der Waals surface area contributed by atoms with Crippen LogP contribution in [0.5, 0.6) is 0 Å². The number of aromatic nitrogens is 4. The van der Waals surface area contributed by atoms with Gasteiger partial charge in [0.1, 0.15) is 0 Å². The molecule has 32 heavy (non-hydrogen) atoms. The molecule has 0 radical (unpaired) electrons. The quantitative estimate of drug-likeness (QED) is 0.235.